The van der Waals surface area contributed by atoms with Gasteiger partial charge in [0.2, 0.25) is 5.88 Å². The number of nitrogens with zero attached hydrogens (tertiary/aromatic N) is 2. The van der Waals surface area contributed by atoms with Gasteiger partial charge in [-0.2, -0.15) is 0 Å². The zero-order chi connectivity index (χ0) is 11.5. The molecule has 82 valence electrons. The Morgan fingerprint density at radius 2 is 2.06 bits per heavy atom. The molecule has 0 saturated heterocycles. The first-order valence-corrected chi connectivity index (χ1v) is 5.94. The maximum Gasteiger partial charge on any atom is 0.236 e. The van der Waals surface area contributed by atoms with Gasteiger partial charge in [-0.25, -0.2) is 9.97 Å². The van der Waals surface area contributed by atoms with E-state index in [0.717, 1.165) is 4.47 Å². The summed E-state index contributed by atoms with van der Waals surface area (Å²) in [5, 5.41) is 0. The van der Waals surface area contributed by atoms with Gasteiger partial charge in [0, 0.05) is 10.7 Å². The summed E-state index contributed by atoms with van der Waals surface area (Å²) in [7, 11) is 0. The van der Waals surface area contributed by atoms with Crippen molar-refractivity contribution in [1.29, 1.82) is 0 Å². The molecule has 1 aromatic heterocycles. The summed E-state index contributed by atoms with van der Waals surface area (Å²) in [4.78, 5) is 7.84. The summed E-state index contributed by atoms with van der Waals surface area (Å²) in [6.07, 6.45) is 3.02. The van der Waals surface area contributed by atoms with Gasteiger partial charge in [0.05, 0.1) is 10.2 Å². The summed E-state index contributed by atoms with van der Waals surface area (Å²) in [5.74, 6) is 0.992. The molecule has 0 bridgehead atoms. The second-order valence-electron chi connectivity index (χ2n) is 2.96. The molecule has 1 heterocycles. The van der Waals surface area contributed by atoms with E-state index in [-0.39, 0.29) is 0 Å². The van der Waals surface area contributed by atoms with E-state index in [2.05, 4.69) is 41.8 Å². The Kier molecular flexibility index (Phi) is 3.40. The van der Waals surface area contributed by atoms with E-state index in [1.807, 2.05) is 6.07 Å². The molecule has 6 heteroatoms. The topological polar surface area (TPSA) is 61.0 Å². The molecule has 1 aromatic carbocycles. The Bertz CT molecular complexity index is 519. The highest BCUT2D eigenvalue weighted by Crippen LogP contribution is 2.31. The average Bonchev–Trinajstić information content (AvgIpc) is 2.25. The van der Waals surface area contributed by atoms with Crippen molar-refractivity contribution in [1.82, 2.24) is 9.97 Å². The highest BCUT2D eigenvalue weighted by molar-refractivity contribution is 9.10. The zero-order valence-corrected chi connectivity index (χ0v) is 11.2. The molecular formula is C10H7Br2N3O. The van der Waals surface area contributed by atoms with Crippen LogP contribution in [0.5, 0.6) is 11.6 Å². The highest BCUT2D eigenvalue weighted by atomic mass is 79.9. The molecule has 4 nitrogen and oxygen atoms in total. The van der Waals surface area contributed by atoms with Crippen LogP contribution < -0.4 is 10.5 Å². The maximum atomic E-state index is 5.81. The summed E-state index contributed by atoms with van der Waals surface area (Å²) in [6, 6.07) is 5.39. The maximum absolute atomic E-state index is 5.81. The third-order valence-corrected chi connectivity index (χ3v) is 2.85. The summed E-state index contributed by atoms with van der Waals surface area (Å²) >= 11 is 6.62. The molecule has 0 amide bonds. The number of benzene rings is 1. The van der Waals surface area contributed by atoms with Crippen molar-refractivity contribution in [2.24, 2.45) is 0 Å². The van der Waals surface area contributed by atoms with Gasteiger partial charge in [0.25, 0.3) is 0 Å². The number of hydrogen-bond acceptors (Lipinski definition) is 4. The predicted octanol–water partition coefficient (Wildman–Crippen LogP) is 3.38. The first kappa shape index (κ1) is 11.3. The van der Waals surface area contributed by atoms with E-state index in [1.165, 1.54) is 6.33 Å². The van der Waals surface area contributed by atoms with Gasteiger partial charge in [-0.3, -0.25) is 0 Å². The number of halogens is 2. The van der Waals surface area contributed by atoms with Crippen molar-refractivity contribution in [3.05, 3.63) is 39.7 Å². The van der Waals surface area contributed by atoms with Crippen molar-refractivity contribution in [2.45, 2.75) is 0 Å². The fourth-order valence-electron chi connectivity index (χ4n) is 1.09. The molecule has 0 saturated carbocycles. The fourth-order valence-corrected chi connectivity index (χ4v) is 1.77. The van der Waals surface area contributed by atoms with Crippen LogP contribution in [-0.2, 0) is 0 Å². The second-order valence-corrected chi connectivity index (χ2v) is 4.73. The summed E-state index contributed by atoms with van der Waals surface area (Å²) in [6.45, 7) is 0. The fraction of sp³-hybridized carbons (Fsp3) is 0. The molecule has 0 spiro atoms. The number of nitrogens with two attached hydrogens (primary N) is 1. The quantitative estimate of drug-likeness (QED) is 0.848. The minimum atomic E-state index is 0.434. The third-order valence-electron chi connectivity index (χ3n) is 1.81. The molecule has 0 aliphatic carbocycles. The number of aromatic nitrogens is 2. The number of ether oxygens (including phenoxy) is 1. The minimum absolute atomic E-state index is 0.434. The van der Waals surface area contributed by atoms with Crippen LogP contribution in [0.25, 0.3) is 0 Å². The lowest BCUT2D eigenvalue weighted by molar-refractivity contribution is 0.460. The van der Waals surface area contributed by atoms with Crippen LogP contribution >= 0.6 is 31.9 Å². The van der Waals surface area contributed by atoms with E-state index in [1.54, 1.807) is 18.3 Å². The third kappa shape index (κ3) is 2.51. The van der Waals surface area contributed by atoms with Crippen molar-refractivity contribution < 1.29 is 4.74 Å². The normalized spacial score (nSPS) is 10.1. The lowest BCUT2D eigenvalue weighted by atomic mass is 10.3. The Hall–Kier alpha value is -1.14. The molecule has 0 radical (unpaired) electrons. The van der Waals surface area contributed by atoms with Crippen molar-refractivity contribution >= 4 is 37.5 Å². The molecule has 2 N–H and O–H groups in total. The predicted molar refractivity (Wildman–Crippen MR) is 68.4 cm³/mol. The van der Waals surface area contributed by atoms with E-state index in [9.17, 15) is 0 Å². The van der Waals surface area contributed by atoms with Gasteiger partial charge in [-0.15, -0.1) is 0 Å². The lowest BCUT2D eigenvalue weighted by Crippen LogP contribution is -1.94. The number of nitrogen functional groups attached to an aromatic ring is 1. The number of rotatable bonds is 2. The smallest absolute Gasteiger partial charge is 0.236 e. The van der Waals surface area contributed by atoms with Crippen LogP contribution in [0.3, 0.4) is 0 Å². The van der Waals surface area contributed by atoms with E-state index in [0.29, 0.717) is 21.8 Å². The molecule has 0 aliphatic heterocycles. The molecule has 16 heavy (non-hydrogen) atoms. The zero-order valence-electron chi connectivity index (χ0n) is 8.02. The van der Waals surface area contributed by atoms with Crippen LogP contribution in [0, 0.1) is 0 Å². The van der Waals surface area contributed by atoms with Crippen LogP contribution in [0.4, 0.5) is 5.69 Å². The van der Waals surface area contributed by atoms with Crippen molar-refractivity contribution in [3.8, 4) is 11.6 Å². The molecule has 2 rings (SSSR count). The molecule has 0 fully saturated rings. The van der Waals surface area contributed by atoms with Crippen molar-refractivity contribution in [3.63, 3.8) is 0 Å². The van der Waals surface area contributed by atoms with Gasteiger partial charge in [-0.1, -0.05) is 15.9 Å². The largest absolute Gasteiger partial charge is 0.436 e. The Morgan fingerprint density at radius 1 is 1.25 bits per heavy atom. The van der Waals surface area contributed by atoms with Crippen LogP contribution in [0.15, 0.2) is 39.7 Å². The summed E-state index contributed by atoms with van der Waals surface area (Å²) in [5.41, 5.74) is 6.35. The molecule has 0 atom stereocenters. The lowest BCUT2D eigenvalue weighted by Gasteiger charge is -2.08. The number of anilines is 1. The van der Waals surface area contributed by atoms with Gasteiger partial charge in [0.15, 0.2) is 5.75 Å². The molecular weight excluding hydrogens is 338 g/mol. The Balaban J connectivity index is 2.31. The first-order chi connectivity index (χ1) is 7.66. The first-order valence-electron chi connectivity index (χ1n) is 4.35. The standard InChI is InChI=1S/C10H7Br2N3O/c11-6-1-2-9(8(13)3-6)16-10-7(12)4-14-5-15-10/h1-5H,13H2. The van der Waals surface area contributed by atoms with E-state index in [4.69, 9.17) is 10.5 Å². The van der Waals surface area contributed by atoms with Crippen LogP contribution in [-0.4, -0.2) is 9.97 Å². The molecule has 0 aliphatic rings. The highest BCUT2D eigenvalue weighted by Gasteiger charge is 2.06. The van der Waals surface area contributed by atoms with Gasteiger partial charge < -0.3 is 10.5 Å². The van der Waals surface area contributed by atoms with E-state index < -0.39 is 0 Å². The SMILES string of the molecule is Nc1cc(Br)ccc1Oc1ncncc1Br. The van der Waals surface area contributed by atoms with Gasteiger partial charge in [0.1, 0.15) is 6.33 Å². The molecule has 0 unspecified atom stereocenters. The van der Waals surface area contributed by atoms with E-state index >= 15 is 0 Å². The van der Waals surface area contributed by atoms with Gasteiger partial charge >= 0.3 is 0 Å². The molecule has 2 aromatic rings. The summed E-state index contributed by atoms with van der Waals surface area (Å²) < 4.78 is 7.13. The number of hydrogen-bond donors (Lipinski definition) is 1. The second kappa shape index (κ2) is 4.80. The van der Waals surface area contributed by atoms with Crippen LogP contribution in [0.1, 0.15) is 0 Å². The average molecular weight is 345 g/mol. The van der Waals surface area contributed by atoms with Crippen LogP contribution in [0.2, 0.25) is 0 Å². The van der Waals surface area contributed by atoms with Crippen molar-refractivity contribution in [2.75, 3.05) is 5.73 Å². The monoisotopic (exact) mass is 343 g/mol. The minimum Gasteiger partial charge on any atom is -0.436 e. The Labute approximate surface area is 109 Å². The Morgan fingerprint density at radius 3 is 2.75 bits per heavy atom. The van der Waals surface area contributed by atoms with Gasteiger partial charge in [-0.05, 0) is 34.1 Å².